The maximum absolute atomic E-state index is 5.49. The molecule has 0 aliphatic carbocycles. The number of rotatable bonds is 2. The molecule has 0 unspecified atom stereocenters. The van der Waals surface area contributed by atoms with Gasteiger partial charge in [0.05, 0.1) is 13.3 Å². The highest BCUT2D eigenvalue weighted by atomic mass is 16.5. The molecule has 2 heterocycles. The monoisotopic (exact) mass is 191 g/mol. The van der Waals surface area contributed by atoms with Crippen molar-refractivity contribution in [1.82, 2.24) is 19.7 Å². The fourth-order valence-electron chi connectivity index (χ4n) is 1.08. The second kappa shape index (κ2) is 3.33. The Morgan fingerprint density at radius 1 is 1.50 bits per heavy atom. The smallest absolute Gasteiger partial charge is 0.199 e. The van der Waals surface area contributed by atoms with Crippen LogP contribution in [-0.4, -0.2) is 26.9 Å². The molecule has 72 valence electrons. The largest absolute Gasteiger partial charge is 0.491 e. The third kappa shape index (κ3) is 1.37. The molecule has 0 fully saturated rings. The van der Waals surface area contributed by atoms with Crippen LogP contribution in [0.4, 0.5) is 5.82 Å². The zero-order valence-electron chi connectivity index (χ0n) is 7.58. The van der Waals surface area contributed by atoms with Crippen molar-refractivity contribution < 1.29 is 4.74 Å². The van der Waals surface area contributed by atoms with Crippen molar-refractivity contribution in [2.75, 3.05) is 12.8 Å². The van der Waals surface area contributed by atoms with Gasteiger partial charge in [-0.15, -0.1) is 5.10 Å². The second-order valence-corrected chi connectivity index (χ2v) is 2.60. The van der Waals surface area contributed by atoms with E-state index in [1.54, 1.807) is 25.6 Å². The molecule has 14 heavy (non-hydrogen) atoms. The van der Waals surface area contributed by atoms with Crippen LogP contribution >= 0.6 is 0 Å². The van der Waals surface area contributed by atoms with Gasteiger partial charge in [0.2, 0.25) is 0 Å². The lowest BCUT2D eigenvalue weighted by Crippen LogP contribution is -2.02. The van der Waals surface area contributed by atoms with E-state index in [-0.39, 0.29) is 0 Å². The molecule has 0 amide bonds. The fraction of sp³-hybridized carbons (Fsp3) is 0.125. The van der Waals surface area contributed by atoms with Crippen molar-refractivity contribution in [3.63, 3.8) is 0 Å². The molecule has 0 spiro atoms. The first-order chi connectivity index (χ1) is 6.81. The number of hydrogen-bond donors (Lipinski definition) is 1. The van der Waals surface area contributed by atoms with Gasteiger partial charge in [-0.1, -0.05) is 0 Å². The fourth-order valence-corrected chi connectivity index (χ4v) is 1.08. The minimum Gasteiger partial charge on any atom is -0.491 e. The van der Waals surface area contributed by atoms with Crippen molar-refractivity contribution in [1.29, 1.82) is 0 Å². The number of nitrogen functional groups attached to an aromatic ring is 1. The van der Waals surface area contributed by atoms with E-state index in [2.05, 4.69) is 15.1 Å². The first-order valence-corrected chi connectivity index (χ1v) is 3.97. The maximum Gasteiger partial charge on any atom is 0.199 e. The van der Waals surface area contributed by atoms with Gasteiger partial charge in [0.1, 0.15) is 12.1 Å². The Bertz CT molecular complexity index is 439. The third-order valence-corrected chi connectivity index (χ3v) is 1.71. The molecule has 0 radical (unpaired) electrons. The average molecular weight is 191 g/mol. The zero-order valence-corrected chi connectivity index (χ0v) is 7.58. The SMILES string of the molecule is COc1cncnc1-n1ccc(N)n1. The number of aromatic nitrogens is 4. The van der Waals surface area contributed by atoms with Crippen LogP contribution in [-0.2, 0) is 0 Å². The molecule has 6 heteroatoms. The van der Waals surface area contributed by atoms with Crippen molar-refractivity contribution in [3.8, 4) is 11.6 Å². The normalized spacial score (nSPS) is 10.1. The number of hydrogen-bond acceptors (Lipinski definition) is 5. The lowest BCUT2D eigenvalue weighted by molar-refractivity contribution is 0.407. The van der Waals surface area contributed by atoms with Gasteiger partial charge in [-0.25, -0.2) is 14.6 Å². The van der Waals surface area contributed by atoms with Crippen LogP contribution < -0.4 is 10.5 Å². The van der Waals surface area contributed by atoms with Gasteiger partial charge in [0, 0.05) is 12.3 Å². The van der Waals surface area contributed by atoms with Crippen molar-refractivity contribution in [3.05, 3.63) is 24.8 Å². The van der Waals surface area contributed by atoms with E-state index in [1.807, 2.05) is 0 Å². The lowest BCUT2D eigenvalue weighted by atomic mass is 10.5. The first-order valence-electron chi connectivity index (χ1n) is 3.97. The highest BCUT2D eigenvalue weighted by Gasteiger charge is 2.06. The standard InChI is InChI=1S/C8H9N5O/c1-14-6-4-10-5-11-8(6)13-3-2-7(9)12-13/h2-5H,1H3,(H2,9,12). The van der Waals surface area contributed by atoms with Crippen LogP contribution in [0.1, 0.15) is 0 Å². The maximum atomic E-state index is 5.49. The highest BCUT2D eigenvalue weighted by molar-refractivity contribution is 5.39. The summed E-state index contributed by atoms with van der Waals surface area (Å²) >= 11 is 0. The highest BCUT2D eigenvalue weighted by Crippen LogP contribution is 2.17. The van der Waals surface area contributed by atoms with Crippen LogP contribution in [0.5, 0.6) is 5.75 Å². The molecule has 0 bridgehead atoms. The molecule has 0 aromatic carbocycles. The predicted molar refractivity (Wildman–Crippen MR) is 50.1 cm³/mol. The Morgan fingerprint density at radius 2 is 2.36 bits per heavy atom. The summed E-state index contributed by atoms with van der Waals surface area (Å²) < 4.78 is 6.62. The quantitative estimate of drug-likeness (QED) is 0.736. The van der Waals surface area contributed by atoms with Crippen molar-refractivity contribution in [2.24, 2.45) is 0 Å². The van der Waals surface area contributed by atoms with E-state index in [9.17, 15) is 0 Å². The van der Waals surface area contributed by atoms with Gasteiger partial charge < -0.3 is 10.5 Å². The molecule has 0 atom stereocenters. The van der Waals surface area contributed by atoms with E-state index in [4.69, 9.17) is 10.5 Å². The molecule has 0 saturated carbocycles. The average Bonchev–Trinajstić information content (AvgIpc) is 2.65. The van der Waals surface area contributed by atoms with Gasteiger partial charge in [-0.2, -0.15) is 0 Å². The summed E-state index contributed by atoms with van der Waals surface area (Å²) in [6.07, 6.45) is 4.70. The number of methoxy groups -OCH3 is 1. The Kier molecular flexibility index (Phi) is 2.02. The van der Waals surface area contributed by atoms with E-state index < -0.39 is 0 Å². The molecule has 0 saturated heterocycles. The minimum absolute atomic E-state index is 0.436. The summed E-state index contributed by atoms with van der Waals surface area (Å²) in [5.74, 6) is 1.56. The number of anilines is 1. The van der Waals surface area contributed by atoms with Crippen molar-refractivity contribution >= 4 is 5.82 Å². The molecule has 2 aromatic heterocycles. The van der Waals surface area contributed by atoms with E-state index in [0.29, 0.717) is 17.4 Å². The Morgan fingerprint density at radius 3 is 3.00 bits per heavy atom. The van der Waals surface area contributed by atoms with Crippen molar-refractivity contribution in [2.45, 2.75) is 0 Å². The molecule has 0 aliphatic rings. The van der Waals surface area contributed by atoms with Gasteiger partial charge in [-0.05, 0) is 0 Å². The Labute approximate surface area is 80.4 Å². The van der Waals surface area contributed by atoms with Gasteiger partial charge in [-0.3, -0.25) is 0 Å². The molecule has 2 rings (SSSR count). The summed E-state index contributed by atoms with van der Waals surface area (Å²) in [5, 5.41) is 4.01. The molecule has 6 nitrogen and oxygen atoms in total. The number of nitrogens with two attached hydrogens (primary N) is 1. The zero-order chi connectivity index (χ0) is 9.97. The van der Waals surface area contributed by atoms with Gasteiger partial charge in [0.15, 0.2) is 11.6 Å². The van der Waals surface area contributed by atoms with Crippen LogP contribution in [0.2, 0.25) is 0 Å². The van der Waals surface area contributed by atoms with Crippen LogP contribution in [0.25, 0.3) is 5.82 Å². The van der Waals surface area contributed by atoms with Gasteiger partial charge in [0.25, 0.3) is 0 Å². The summed E-state index contributed by atoms with van der Waals surface area (Å²) in [6.45, 7) is 0. The molecule has 0 aliphatic heterocycles. The number of nitrogens with zero attached hydrogens (tertiary/aromatic N) is 4. The van der Waals surface area contributed by atoms with E-state index in [1.165, 1.54) is 11.0 Å². The first kappa shape index (κ1) is 8.49. The number of ether oxygens (including phenoxy) is 1. The summed E-state index contributed by atoms with van der Waals surface area (Å²) in [4.78, 5) is 7.88. The molecular formula is C8H9N5O. The van der Waals surface area contributed by atoms with E-state index >= 15 is 0 Å². The second-order valence-electron chi connectivity index (χ2n) is 2.60. The van der Waals surface area contributed by atoms with E-state index in [0.717, 1.165) is 0 Å². The predicted octanol–water partition coefficient (Wildman–Crippen LogP) is 0.253. The van der Waals surface area contributed by atoms with Crippen LogP contribution in [0.3, 0.4) is 0 Å². The molecule has 2 N–H and O–H groups in total. The minimum atomic E-state index is 0.436. The molecular weight excluding hydrogens is 182 g/mol. The van der Waals surface area contributed by atoms with Gasteiger partial charge >= 0.3 is 0 Å². The third-order valence-electron chi connectivity index (χ3n) is 1.71. The Balaban J connectivity index is 2.50. The Hall–Kier alpha value is -2.11. The topological polar surface area (TPSA) is 78.9 Å². The molecule has 2 aromatic rings. The lowest BCUT2D eigenvalue weighted by Gasteiger charge is -2.04. The van der Waals surface area contributed by atoms with Crippen LogP contribution in [0.15, 0.2) is 24.8 Å². The summed E-state index contributed by atoms with van der Waals surface area (Å²) in [5.41, 5.74) is 5.49. The summed E-state index contributed by atoms with van der Waals surface area (Å²) in [6, 6.07) is 1.68. The summed E-state index contributed by atoms with van der Waals surface area (Å²) in [7, 11) is 1.55. The van der Waals surface area contributed by atoms with Crippen LogP contribution in [0, 0.1) is 0 Å².